The lowest BCUT2D eigenvalue weighted by Gasteiger charge is -2.13. The lowest BCUT2D eigenvalue weighted by molar-refractivity contribution is -0.121. The van der Waals surface area contributed by atoms with Gasteiger partial charge in [0.25, 0.3) is 0 Å². The first-order chi connectivity index (χ1) is 18.2. The molecule has 0 saturated carbocycles. The molecular weight excluding hydrogens is 507 g/mol. The Labute approximate surface area is 219 Å². The van der Waals surface area contributed by atoms with E-state index in [0.29, 0.717) is 33.1 Å². The molecule has 1 amide bonds. The largest absolute Gasteiger partial charge is 0.496 e. The van der Waals surface area contributed by atoms with Crippen LogP contribution in [-0.2, 0) is 27.6 Å². The van der Waals surface area contributed by atoms with Crippen LogP contribution >= 0.6 is 0 Å². The highest BCUT2D eigenvalue weighted by Crippen LogP contribution is 2.30. The van der Waals surface area contributed by atoms with Crippen molar-refractivity contribution in [2.75, 3.05) is 13.4 Å². The Morgan fingerprint density at radius 1 is 1.11 bits per heavy atom. The Morgan fingerprint density at radius 3 is 2.55 bits per heavy atom. The van der Waals surface area contributed by atoms with Crippen LogP contribution in [0.15, 0.2) is 88.5 Å². The van der Waals surface area contributed by atoms with Crippen LogP contribution in [0.2, 0.25) is 0 Å². The normalized spacial score (nSPS) is 12.8. The maximum absolute atomic E-state index is 13.8. The number of halogens is 1. The molecule has 0 radical (unpaired) electrons. The van der Waals surface area contributed by atoms with E-state index in [1.165, 1.54) is 30.8 Å². The van der Waals surface area contributed by atoms with Crippen molar-refractivity contribution in [2.24, 2.45) is 0 Å². The summed E-state index contributed by atoms with van der Waals surface area (Å²) in [4.78, 5) is 17.6. The van der Waals surface area contributed by atoms with E-state index in [-0.39, 0.29) is 24.8 Å². The number of benzene rings is 3. The number of nitrogens with one attached hydrogen (secondary N) is 2. The number of rotatable bonds is 8. The van der Waals surface area contributed by atoms with Gasteiger partial charge >= 0.3 is 0 Å². The highest BCUT2D eigenvalue weighted by atomic mass is 32.2. The van der Waals surface area contributed by atoms with Crippen molar-refractivity contribution in [3.05, 3.63) is 90.6 Å². The zero-order valence-electron chi connectivity index (χ0n) is 20.7. The molecule has 5 rings (SSSR count). The number of carbonyl (C=O) groups is 1. The number of aromatic nitrogens is 2. The molecule has 5 aromatic rings. The van der Waals surface area contributed by atoms with E-state index in [1.54, 1.807) is 35.9 Å². The van der Waals surface area contributed by atoms with E-state index in [1.807, 2.05) is 30.3 Å². The third-order valence-corrected chi connectivity index (χ3v) is 7.39. The van der Waals surface area contributed by atoms with Crippen molar-refractivity contribution in [1.29, 1.82) is 4.78 Å². The molecule has 1 unspecified atom stereocenters. The second-order valence-corrected chi connectivity index (χ2v) is 11.0. The van der Waals surface area contributed by atoms with Crippen LogP contribution in [-0.4, -0.2) is 33.0 Å². The third kappa shape index (κ3) is 5.16. The minimum Gasteiger partial charge on any atom is -0.496 e. The Kier molecular flexibility index (Phi) is 6.73. The zero-order valence-corrected chi connectivity index (χ0v) is 21.5. The molecule has 3 aromatic carbocycles. The van der Waals surface area contributed by atoms with E-state index in [0.717, 1.165) is 16.7 Å². The molecule has 0 saturated heterocycles. The van der Waals surface area contributed by atoms with Crippen LogP contribution in [0.3, 0.4) is 0 Å². The average Bonchev–Trinajstić information content (AvgIpc) is 3.55. The number of amides is 1. The Bertz CT molecular complexity index is 1730. The minimum absolute atomic E-state index is 0.0176. The molecule has 2 N–H and O–H groups in total. The van der Waals surface area contributed by atoms with Gasteiger partial charge in [-0.1, -0.05) is 24.3 Å². The van der Waals surface area contributed by atoms with Crippen molar-refractivity contribution >= 4 is 26.5 Å². The molecule has 1 atom stereocenters. The summed E-state index contributed by atoms with van der Waals surface area (Å²) >= 11 is 0. The first-order valence-corrected chi connectivity index (χ1v) is 13.7. The number of nitrogens with zero attached hydrogens (tertiary/aromatic N) is 2. The monoisotopic (exact) mass is 532 g/mol. The highest BCUT2D eigenvalue weighted by molar-refractivity contribution is 7.91. The summed E-state index contributed by atoms with van der Waals surface area (Å²) in [5.41, 5.74) is 3.82. The SMILES string of the molecule is COc1cc(-c2ccc(S(C)(=N)=O)cc2)ccc1CNC(=O)Cn1c(-c2ncco2)cc2cc(F)ccc21. The van der Waals surface area contributed by atoms with E-state index in [2.05, 4.69) is 10.3 Å². The molecule has 38 heavy (non-hydrogen) atoms. The summed E-state index contributed by atoms with van der Waals surface area (Å²) in [5.74, 6) is 0.323. The summed E-state index contributed by atoms with van der Waals surface area (Å²) < 4.78 is 46.2. The summed E-state index contributed by atoms with van der Waals surface area (Å²) in [6, 6.07) is 18.8. The smallest absolute Gasteiger partial charge is 0.243 e. The van der Waals surface area contributed by atoms with Gasteiger partial charge in [-0.2, -0.15) is 0 Å². The van der Waals surface area contributed by atoms with Crippen molar-refractivity contribution in [3.8, 4) is 28.5 Å². The summed E-state index contributed by atoms with van der Waals surface area (Å²) in [7, 11) is -1.21. The molecular formula is C28H25FN4O4S. The van der Waals surface area contributed by atoms with Gasteiger partial charge in [0, 0.05) is 34.2 Å². The minimum atomic E-state index is -2.78. The Hall–Kier alpha value is -4.44. The zero-order chi connectivity index (χ0) is 26.9. The number of ether oxygens (including phenoxy) is 1. The second kappa shape index (κ2) is 10.1. The van der Waals surface area contributed by atoms with Crippen LogP contribution in [0.4, 0.5) is 4.39 Å². The van der Waals surface area contributed by atoms with Gasteiger partial charge in [-0.25, -0.2) is 18.4 Å². The third-order valence-electron chi connectivity index (χ3n) is 6.22. The van der Waals surface area contributed by atoms with Crippen LogP contribution < -0.4 is 10.1 Å². The number of hydrogen-bond donors (Lipinski definition) is 2. The molecule has 0 aliphatic carbocycles. The standard InChI is InChI=1S/C28H25FN4O4S/c1-36-26-15-19(18-5-8-23(9-6-18)38(2,30)35)3-4-20(26)16-32-27(34)17-33-24-10-7-22(29)13-21(24)14-25(33)28-31-11-12-37-28/h3-15,30H,16-17H2,1-2H3,(H,32,34). The van der Waals surface area contributed by atoms with E-state index in [4.69, 9.17) is 13.9 Å². The first-order valence-electron chi connectivity index (χ1n) is 11.7. The highest BCUT2D eigenvalue weighted by Gasteiger charge is 2.17. The second-order valence-electron chi connectivity index (χ2n) is 8.83. The fraction of sp³-hybridized carbons (Fsp3) is 0.143. The fourth-order valence-electron chi connectivity index (χ4n) is 4.31. The summed E-state index contributed by atoms with van der Waals surface area (Å²) in [6.45, 7) is 0.219. The van der Waals surface area contributed by atoms with Gasteiger partial charge in [0.15, 0.2) is 0 Å². The molecule has 0 aliphatic heterocycles. The van der Waals surface area contributed by atoms with Gasteiger partial charge < -0.3 is 19.0 Å². The maximum atomic E-state index is 13.8. The first kappa shape index (κ1) is 25.2. The molecule has 194 valence electrons. The van der Waals surface area contributed by atoms with Crippen molar-refractivity contribution in [2.45, 2.75) is 18.0 Å². The van der Waals surface area contributed by atoms with Crippen LogP contribution in [0.25, 0.3) is 33.6 Å². The lowest BCUT2D eigenvalue weighted by atomic mass is 10.0. The Morgan fingerprint density at radius 2 is 1.87 bits per heavy atom. The molecule has 2 aromatic heterocycles. The van der Waals surface area contributed by atoms with Crippen LogP contribution in [0.1, 0.15) is 5.56 Å². The summed E-state index contributed by atoms with van der Waals surface area (Å²) in [5, 5.41) is 3.57. The van der Waals surface area contributed by atoms with Gasteiger partial charge in [0.05, 0.1) is 23.0 Å². The molecule has 0 bridgehead atoms. The van der Waals surface area contributed by atoms with Crippen molar-refractivity contribution in [1.82, 2.24) is 14.9 Å². The van der Waals surface area contributed by atoms with Gasteiger partial charge in [-0.3, -0.25) is 4.79 Å². The number of carbonyl (C=O) groups excluding carboxylic acids is 1. The van der Waals surface area contributed by atoms with Gasteiger partial charge in [0.2, 0.25) is 11.8 Å². The fourth-order valence-corrected chi connectivity index (χ4v) is 4.97. The molecule has 10 heteroatoms. The van der Waals surface area contributed by atoms with E-state index in [9.17, 15) is 13.4 Å². The quantitative estimate of drug-likeness (QED) is 0.276. The molecule has 0 fully saturated rings. The molecule has 0 spiro atoms. The number of oxazole rings is 1. The molecule has 8 nitrogen and oxygen atoms in total. The number of methoxy groups -OCH3 is 1. The predicted octanol–water partition coefficient (Wildman–Crippen LogP) is 5.46. The average molecular weight is 533 g/mol. The van der Waals surface area contributed by atoms with E-state index < -0.39 is 9.73 Å². The van der Waals surface area contributed by atoms with Gasteiger partial charge in [-0.15, -0.1) is 0 Å². The van der Waals surface area contributed by atoms with Crippen LogP contribution in [0, 0.1) is 10.6 Å². The van der Waals surface area contributed by atoms with Crippen molar-refractivity contribution < 1.29 is 22.5 Å². The molecule has 0 aliphatic rings. The number of fused-ring (bicyclic) bond motifs is 1. The lowest BCUT2D eigenvalue weighted by Crippen LogP contribution is -2.27. The van der Waals surface area contributed by atoms with Crippen molar-refractivity contribution in [3.63, 3.8) is 0 Å². The van der Waals surface area contributed by atoms with Crippen LogP contribution in [0.5, 0.6) is 5.75 Å². The summed E-state index contributed by atoms with van der Waals surface area (Å²) in [6.07, 6.45) is 4.35. The van der Waals surface area contributed by atoms with Gasteiger partial charge in [-0.05, 0) is 53.6 Å². The Balaban J connectivity index is 1.34. The number of hydrogen-bond acceptors (Lipinski definition) is 6. The topological polar surface area (TPSA) is 110 Å². The molecule has 2 heterocycles. The maximum Gasteiger partial charge on any atom is 0.243 e. The predicted molar refractivity (Wildman–Crippen MR) is 143 cm³/mol. The van der Waals surface area contributed by atoms with E-state index >= 15 is 0 Å². The van der Waals surface area contributed by atoms with Gasteiger partial charge in [0.1, 0.15) is 30.1 Å².